The van der Waals surface area contributed by atoms with Crippen LogP contribution in [0.25, 0.3) is 0 Å². The monoisotopic (exact) mass is 318 g/mol. The summed E-state index contributed by atoms with van der Waals surface area (Å²) < 4.78 is 4.90. The number of nitrogens with zero attached hydrogens (tertiary/aromatic N) is 2. The highest BCUT2D eigenvalue weighted by atomic mass is 16.7. The Bertz CT molecular complexity index is 667. The Morgan fingerprint density at radius 1 is 1.30 bits per heavy atom. The first-order valence-electron chi connectivity index (χ1n) is 8.06. The van der Waals surface area contributed by atoms with E-state index in [1.807, 2.05) is 12.1 Å². The molecule has 2 heterocycles. The van der Waals surface area contributed by atoms with Crippen molar-refractivity contribution in [3.63, 3.8) is 0 Å². The summed E-state index contributed by atoms with van der Waals surface area (Å²) in [7, 11) is 4.34. The molecule has 0 amide bonds. The van der Waals surface area contributed by atoms with Crippen LogP contribution in [0.15, 0.2) is 18.2 Å². The zero-order valence-electron chi connectivity index (χ0n) is 14.8. The Hall–Kier alpha value is -1.75. The van der Waals surface area contributed by atoms with Crippen LogP contribution in [-0.4, -0.2) is 42.5 Å². The summed E-state index contributed by atoms with van der Waals surface area (Å²) in [6.45, 7) is 10.2. The van der Waals surface area contributed by atoms with Gasteiger partial charge in [-0.25, -0.2) is 4.79 Å². The van der Waals surface area contributed by atoms with Gasteiger partial charge in [0.2, 0.25) is 0 Å². The minimum atomic E-state index is -1.27. The third-order valence-electron chi connectivity index (χ3n) is 5.93. The van der Waals surface area contributed by atoms with Gasteiger partial charge < -0.3 is 14.7 Å². The Morgan fingerprint density at radius 2 is 1.96 bits per heavy atom. The molecule has 1 aromatic carbocycles. The van der Waals surface area contributed by atoms with E-state index >= 15 is 0 Å². The number of hydrogen-bond acceptors (Lipinski definition) is 4. The third-order valence-corrected chi connectivity index (χ3v) is 5.93. The zero-order chi connectivity index (χ0) is 17.2. The summed E-state index contributed by atoms with van der Waals surface area (Å²) in [6.07, 6.45) is -0.235. The number of carbonyl (C=O) groups is 1. The number of hydrogen-bond donors (Lipinski definition) is 1. The number of likely N-dealkylation sites (tertiary alicyclic amines) is 1. The molecule has 0 radical (unpaired) electrons. The molecule has 0 spiro atoms. The van der Waals surface area contributed by atoms with E-state index in [4.69, 9.17) is 9.84 Å². The lowest BCUT2D eigenvalue weighted by molar-refractivity contribution is 0.0103. The summed E-state index contributed by atoms with van der Waals surface area (Å²) in [5.74, 6) is 0.394. The predicted molar refractivity (Wildman–Crippen MR) is 90.3 cm³/mol. The van der Waals surface area contributed by atoms with Crippen LogP contribution in [0.2, 0.25) is 0 Å². The van der Waals surface area contributed by atoms with Crippen molar-refractivity contribution in [2.24, 2.45) is 5.41 Å². The molecule has 1 saturated heterocycles. The number of carboxylic acid groups (broad SMARTS) is 1. The lowest BCUT2D eigenvalue weighted by atomic mass is 9.63. The second kappa shape index (κ2) is 4.63. The number of likely N-dealkylation sites (N-methyl/N-ethyl adjacent to an activating group) is 2. The maximum absolute atomic E-state index is 10.9. The van der Waals surface area contributed by atoms with Crippen LogP contribution in [-0.2, 0) is 5.41 Å². The van der Waals surface area contributed by atoms with Gasteiger partial charge in [0.1, 0.15) is 11.4 Å². The van der Waals surface area contributed by atoms with Gasteiger partial charge in [-0.15, -0.1) is 0 Å². The molecule has 3 rings (SSSR count). The summed E-state index contributed by atoms with van der Waals surface area (Å²) in [4.78, 5) is 15.7. The van der Waals surface area contributed by atoms with E-state index in [2.05, 4.69) is 51.6 Å². The second-order valence-corrected chi connectivity index (χ2v) is 8.03. The molecule has 0 saturated carbocycles. The highest BCUT2D eigenvalue weighted by Crippen LogP contribution is 2.63. The fourth-order valence-electron chi connectivity index (χ4n) is 5.59. The van der Waals surface area contributed by atoms with Crippen molar-refractivity contribution in [2.45, 2.75) is 45.2 Å². The standard InChI is InChI=1S/C18H26N2O3/c1-16(2,3)18-17(4,9-10-19(18)5)13-11-12(23-15(21)22)7-8-14(13)20(18)6/h7-8,11H,9-10H2,1-6H3,(H,21,22)/t17-,18-/m0/s1. The van der Waals surface area contributed by atoms with Gasteiger partial charge >= 0.3 is 6.16 Å². The van der Waals surface area contributed by atoms with Crippen LogP contribution in [0.5, 0.6) is 5.75 Å². The van der Waals surface area contributed by atoms with Crippen LogP contribution >= 0.6 is 0 Å². The van der Waals surface area contributed by atoms with E-state index in [1.165, 1.54) is 5.56 Å². The van der Waals surface area contributed by atoms with Crippen LogP contribution in [0, 0.1) is 5.41 Å². The molecule has 2 aliphatic heterocycles. The molecule has 2 atom stereocenters. The van der Waals surface area contributed by atoms with Crippen LogP contribution in [0.4, 0.5) is 10.5 Å². The summed E-state index contributed by atoms with van der Waals surface area (Å²) >= 11 is 0. The van der Waals surface area contributed by atoms with Crippen LogP contribution in [0.1, 0.15) is 39.7 Å². The van der Waals surface area contributed by atoms with E-state index in [-0.39, 0.29) is 16.5 Å². The molecule has 23 heavy (non-hydrogen) atoms. The van der Waals surface area contributed by atoms with E-state index in [1.54, 1.807) is 6.07 Å². The Kier molecular flexibility index (Phi) is 3.25. The number of ether oxygens (including phenoxy) is 1. The van der Waals surface area contributed by atoms with Crippen molar-refractivity contribution in [1.29, 1.82) is 0 Å². The molecular weight excluding hydrogens is 292 g/mol. The lowest BCUT2D eigenvalue weighted by Gasteiger charge is -2.56. The van der Waals surface area contributed by atoms with Crippen molar-refractivity contribution in [3.8, 4) is 5.75 Å². The molecule has 126 valence electrons. The zero-order valence-corrected chi connectivity index (χ0v) is 14.8. The highest BCUT2D eigenvalue weighted by Gasteiger charge is 2.68. The molecule has 1 fully saturated rings. The highest BCUT2D eigenvalue weighted by molar-refractivity contribution is 5.70. The third kappa shape index (κ3) is 1.80. The van der Waals surface area contributed by atoms with Crippen LogP contribution < -0.4 is 9.64 Å². The maximum Gasteiger partial charge on any atom is 0.511 e. The van der Waals surface area contributed by atoms with Crippen molar-refractivity contribution >= 4 is 11.8 Å². The predicted octanol–water partition coefficient (Wildman–Crippen LogP) is 3.53. The quantitative estimate of drug-likeness (QED) is 0.634. The summed E-state index contributed by atoms with van der Waals surface area (Å²) in [6, 6.07) is 5.63. The SMILES string of the molecule is CN1CC[C@@]2(C)c3cc(OC(=O)O)ccc3N(C)[C@]12C(C)(C)C. The maximum atomic E-state index is 10.9. The van der Waals surface area contributed by atoms with E-state index in [9.17, 15) is 4.79 Å². The van der Waals surface area contributed by atoms with Crippen LogP contribution in [0.3, 0.4) is 0 Å². The van der Waals surface area contributed by atoms with Crippen molar-refractivity contribution in [3.05, 3.63) is 23.8 Å². The van der Waals surface area contributed by atoms with Gasteiger partial charge in [0.05, 0.1) is 0 Å². The van der Waals surface area contributed by atoms with E-state index in [0.717, 1.165) is 18.7 Å². The minimum Gasteiger partial charge on any atom is -0.449 e. The van der Waals surface area contributed by atoms with Crippen molar-refractivity contribution in [2.75, 3.05) is 25.5 Å². The smallest absolute Gasteiger partial charge is 0.449 e. The molecule has 1 N–H and O–H groups in total. The number of fused-ring (bicyclic) bond motifs is 3. The lowest BCUT2D eigenvalue weighted by Crippen LogP contribution is -2.67. The van der Waals surface area contributed by atoms with E-state index in [0.29, 0.717) is 5.75 Å². The fourth-order valence-corrected chi connectivity index (χ4v) is 5.59. The van der Waals surface area contributed by atoms with Gasteiger partial charge in [0, 0.05) is 24.7 Å². The molecular formula is C18H26N2O3. The topological polar surface area (TPSA) is 53.0 Å². The molecule has 0 unspecified atom stereocenters. The first-order valence-corrected chi connectivity index (χ1v) is 8.06. The summed E-state index contributed by atoms with van der Waals surface area (Å²) in [5, 5.41) is 8.90. The van der Waals surface area contributed by atoms with Gasteiger partial charge in [0.25, 0.3) is 0 Å². The molecule has 1 aromatic rings. The van der Waals surface area contributed by atoms with E-state index < -0.39 is 6.16 Å². The molecule has 2 aliphatic rings. The Balaban J connectivity index is 2.22. The number of anilines is 1. The second-order valence-electron chi connectivity index (χ2n) is 8.03. The fraction of sp³-hybridized carbons (Fsp3) is 0.611. The number of rotatable bonds is 1. The largest absolute Gasteiger partial charge is 0.511 e. The molecule has 0 bridgehead atoms. The first kappa shape index (κ1) is 16.1. The average molecular weight is 318 g/mol. The Labute approximate surface area is 137 Å². The Morgan fingerprint density at radius 3 is 2.52 bits per heavy atom. The van der Waals surface area contributed by atoms with Gasteiger partial charge in [-0.1, -0.05) is 27.7 Å². The summed E-state index contributed by atoms with van der Waals surface area (Å²) in [5.41, 5.74) is 2.13. The molecule has 0 aliphatic carbocycles. The van der Waals surface area contributed by atoms with Crippen molar-refractivity contribution < 1.29 is 14.6 Å². The molecule has 5 heteroatoms. The van der Waals surface area contributed by atoms with Gasteiger partial charge in [-0.2, -0.15) is 0 Å². The van der Waals surface area contributed by atoms with Gasteiger partial charge in [0.15, 0.2) is 0 Å². The first-order chi connectivity index (χ1) is 10.6. The van der Waals surface area contributed by atoms with Gasteiger partial charge in [-0.05, 0) is 42.6 Å². The number of benzene rings is 1. The molecule has 5 nitrogen and oxygen atoms in total. The van der Waals surface area contributed by atoms with Crippen molar-refractivity contribution in [1.82, 2.24) is 4.90 Å². The minimum absolute atomic E-state index is 0.0224. The average Bonchev–Trinajstić information content (AvgIpc) is 2.80. The normalized spacial score (nSPS) is 30.3. The van der Waals surface area contributed by atoms with Gasteiger partial charge in [-0.3, -0.25) is 4.90 Å². The molecule has 0 aromatic heterocycles.